The maximum absolute atomic E-state index is 13.7. The van der Waals surface area contributed by atoms with Crippen LogP contribution < -0.4 is 4.90 Å². The third-order valence-electron chi connectivity index (χ3n) is 8.19. The van der Waals surface area contributed by atoms with Crippen LogP contribution >= 0.6 is 15.9 Å². The molecule has 7 nitrogen and oxygen atoms in total. The van der Waals surface area contributed by atoms with Crippen molar-refractivity contribution < 1.29 is 23.9 Å². The number of carbonyl (C=O) groups excluding carboxylic acids is 4. The first-order valence-electron chi connectivity index (χ1n) is 14.3. The van der Waals surface area contributed by atoms with Crippen molar-refractivity contribution in [3.63, 3.8) is 0 Å². The van der Waals surface area contributed by atoms with E-state index in [9.17, 15) is 19.2 Å². The molecule has 4 aromatic rings. The molecule has 2 aliphatic rings. The SMILES string of the molecule is CCC(OC(=O)c1cc(-c2ccc(N3C(=O)C4CC=CCC4C3=O)cc2)nc2c(C)cc(Br)cc12)C(=O)c1ccccc1. The minimum absolute atomic E-state index is 0.169. The number of imide groups is 1. The number of hydrogen-bond donors (Lipinski definition) is 0. The van der Waals surface area contributed by atoms with Gasteiger partial charge in [0.1, 0.15) is 0 Å². The van der Waals surface area contributed by atoms with Crippen LogP contribution in [0.25, 0.3) is 22.2 Å². The minimum atomic E-state index is -0.941. The number of ketones is 1. The van der Waals surface area contributed by atoms with Crippen molar-refractivity contribution in [1.29, 1.82) is 0 Å². The maximum atomic E-state index is 13.7. The van der Waals surface area contributed by atoms with Gasteiger partial charge in [-0.1, -0.05) is 77.5 Å². The van der Waals surface area contributed by atoms with Crippen LogP contribution in [0.3, 0.4) is 0 Å². The average Bonchev–Trinajstić information content (AvgIpc) is 3.28. The fourth-order valence-corrected chi connectivity index (χ4v) is 6.48. The van der Waals surface area contributed by atoms with Gasteiger partial charge < -0.3 is 4.74 Å². The molecular formula is C35H29BrN2O5. The number of carbonyl (C=O) groups is 4. The van der Waals surface area contributed by atoms with Gasteiger partial charge in [-0.3, -0.25) is 19.3 Å². The summed E-state index contributed by atoms with van der Waals surface area (Å²) >= 11 is 3.52. The van der Waals surface area contributed by atoms with Crippen molar-refractivity contribution in [1.82, 2.24) is 4.98 Å². The molecule has 2 heterocycles. The number of ether oxygens (including phenoxy) is 1. The first-order valence-corrected chi connectivity index (χ1v) is 15.1. The number of amides is 2. The lowest BCUT2D eigenvalue weighted by Gasteiger charge is -2.18. The number of pyridine rings is 1. The van der Waals surface area contributed by atoms with E-state index in [1.165, 1.54) is 4.90 Å². The van der Waals surface area contributed by atoms with Crippen molar-refractivity contribution in [2.24, 2.45) is 11.8 Å². The number of benzene rings is 3. The van der Waals surface area contributed by atoms with Gasteiger partial charge in [0.05, 0.1) is 34.3 Å². The number of aryl methyl sites for hydroxylation is 1. The molecule has 43 heavy (non-hydrogen) atoms. The third kappa shape index (κ3) is 5.31. The van der Waals surface area contributed by atoms with E-state index >= 15 is 0 Å². The predicted molar refractivity (Wildman–Crippen MR) is 168 cm³/mol. The zero-order valence-electron chi connectivity index (χ0n) is 23.7. The van der Waals surface area contributed by atoms with Crippen LogP contribution in [0.5, 0.6) is 0 Å². The second-order valence-electron chi connectivity index (χ2n) is 10.9. The second kappa shape index (κ2) is 11.7. The Morgan fingerprint density at radius 1 is 0.953 bits per heavy atom. The normalized spacial score (nSPS) is 18.5. The van der Waals surface area contributed by atoms with Crippen LogP contribution in [0, 0.1) is 18.8 Å². The molecule has 0 radical (unpaired) electrons. The Morgan fingerprint density at radius 3 is 2.23 bits per heavy atom. The number of fused-ring (bicyclic) bond motifs is 2. The molecule has 6 rings (SSSR count). The number of aromatic nitrogens is 1. The molecule has 3 aromatic carbocycles. The monoisotopic (exact) mass is 636 g/mol. The molecule has 1 aliphatic heterocycles. The largest absolute Gasteiger partial charge is 0.450 e. The van der Waals surface area contributed by atoms with Crippen molar-refractivity contribution >= 4 is 56.1 Å². The first kappa shape index (κ1) is 28.7. The van der Waals surface area contributed by atoms with Gasteiger partial charge in [0.25, 0.3) is 0 Å². The molecule has 3 atom stereocenters. The molecule has 1 aromatic heterocycles. The van der Waals surface area contributed by atoms with Crippen LogP contribution in [-0.2, 0) is 14.3 Å². The van der Waals surface area contributed by atoms with Gasteiger partial charge in [-0.2, -0.15) is 0 Å². The lowest BCUT2D eigenvalue weighted by molar-refractivity contribution is -0.122. The Morgan fingerprint density at radius 2 is 1.60 bits per heavy atom. The highest BCUT2D eigenvalue weighted by Gasteiger charge is 2.47. The van der Waals surface area contributed by atoms with E-state index in [0.717, 1.165) is 10.0 Å². The van der Waals surface area contributed by atoms with E-state index in [0.29, 0.717) is 52.7 Å². The predicted octanol–water partition coefficient (Wildman–Crippen LogP) is 7.25. The number of Topliss-reactive ketones (excluding diaryl/α,β-unsaturated/α-hetero) is 1. The van der Waals surface area contributed by atoms with Crippen molar-refractivity contribution in [2.45, 2.75) is 39.2 Å². The van der Waals surface area contributed by atoms with Gasteiger partial charge in [-0.25, -0.2) is 9.78 Å². The van der Waals surface area contributed by atoms with E-state index in [1.54, 1.807) is 61.5 Å². The summed E-state index contributed by atoms with van der Waals surface area (Å²) in [6.07, 6.45) is 4.47. The second-order valence-corrected chi connectivity index (χ2v) is 11.8. The van der Waals surface area contributed by atoms with Crippen LogP contribution in [-0.4, -0.2) is 34.7 Å². The lowest BCUT2D eigenvalue weighted by atomic mass is 9.85. The van der Waals surface area contributed by atoms with Crippen molar-refractivity contribution in [2.75, 3.05) is 4.90 Å². The molecule has 3 unspecified atom stereocenters. The lowest BCUT2D eigenvalue weighted by Crippen LogP contribution is -2.30. The van der Waals surface area contributed by atoms with Gasteiger partial charge in [-0.15, -0.1) is 0 Å². The summed E-state index contributed by atoms with van der Waals surface area (Å²) < 4.78 is 6.60. The van der Waals surface area contributed by atoms with Gasteiger partial charge in [0.15, 0.2) is 6.10 Å². The number of halogens is 1. The summed E-state index contributed by atoms with van der Waals surface area (Å²) in [6.45, 7) is 3.72. The first-order chi connectivity index (χ1) is 20.8. The van der Waals surface area contributed by atoms with Crippen LogP contribution in [0.4, 0.5) is 5.69 Å². The van der Waals surface area contributed by atoms with E-state index in [2.05, 4.69) is 15.9 Å². The Kier molecular flexibility index (Phi) is 7.79. The zero-order chi connectivity index (χ0) is 30.2. The van der Waals surface area contributed by atoms with Crippen LogP contribution in [0.1, 0.15) is 52.5 Å². The molecule has 1 fully saturated rings. The zero-order valence-corrected chi connectivity index (χ0v) is 25.3. The fourth-order valence-electron chi connectivity index (χ4n) is 5.91. The summed E-state index contributed by atoms with van der Waals surface area (Å²) in [5.74, 6) is -1.84. The Bertz CT molecular complexity index is 1770. The number of allylic oxidation sites excluding steroid dienone is 2. The third-order valence-corrected chi connectivity index (χ3v) is 8.65. The van der Waals surface area contributed by atoms with Gasteiger partial charge >= 0.3 is 5.97 Å². The van der Waals surface area contributed by atoms with Gasteiger partial charge in [-0.05, 0) is 62.1 Å². The Hall–Kier alpha value is -4.43. The fraction of sp³-hybridized carbons (Fsp3) is 0.229. The van der Waals surface area contributed by atoms with Crippen molar-refractivity contribution in [3.05, 3.63) is 106 Å². The summed E-state index contributed by atoms with van der Waals surface area (Å²) in [5, 5.41) is 0.601. The van der Waals surface area contributed by atoms with E-state index < -0.39 is 12.1 Å². The minimum Gasteiger partial charge on any atom is -0.450 e. The number of esters is 1. The number of nitrogens with zero attached hydrogens (tertiary/aromatic N) is 2. The molecule has 2 amide bonds. The summed E-state index contributed by atoms with van der Waals surface area (Å²) in [5.41, 5.74) is 3.98. The number of rotatable bonds is 7. The van der Waals surface area contributed by atoms with Crippen molar-refractivity contribution in [3.8, 4) is 11.3 Å². The van der Waals surface area contributed by atoms with E-state index in [-0.39, 0.29) is 35.0 Å². The van der Waals surface area contributed by atoms with E-state index in [1.807, 2.05) is 37.3 Å². The highest BCUT2D eigenvalue weighted by atomic mass is 79.9. The molecule has 0 spiro atoms. The highest BCUT2D eigenvalue weighted by molar-refractivity contribution is 9.10. The molecular weight excluding hydrogens is 608 g/mol. The highest BCUT2D eigenvalue weighted by Crippen LogP contribution is 2.38. The Balaban J connectivity index is 1.34. The quantitative estimate of drug-likeness (QED) is 0.0918. The maximum Gasteiger partial charge on any atom is 0.339 e. The molecule has 0 saturated carbocycles. The molecule has 1 saturated heterocycles. The average molecular weight is 638 g/mol. The molecule has 8 heteroatoms. The number of hydrogen-bond acceptors (Lipinski definition) is 6. The molecule has 1 aliphatic carbocycles. The number of anilines is 1. The Labute approximate surface area is 257 Å². The smallest absolute Gasteiger partial charge is 0.339 e. The van der Waals surface area contributed by atoms with Gasteiger partial charge in [0, 0.05) is 21.0 Å². The van der Waals surface area contributed by atoms with Crippen LogP contribution in [0.2, 0.25) is 0 Å². The summed E-state index contributed by atoms with van der Waals surface area (Å²) in [4.78, 5) is 59.1. The molecule has 0 N–H and O–H groups in total. The standard InChI is InChI=1S/C35H29BrN2O5/c1-3-30(32(39)22-9-5-4-6-10-22)43-35(42)28-19-29(37-31-20(2)17-23(36)18-27(28)31)21-13-15-24(16-14-21)38-33(40)25-11-7-8-12-26(25)34(38)41/h4-10,13-19,25-26,30H,3,11-12H2,1-2H3. The molecule has 216 valence electrons. The van der Waals surface area contributed by atoms with Crippen LogP contribution in [0.15, 0.2) is 89.4 Å². The van der Waals surface area contributed by atoms with E-state index in [4.69, 9.17) is 9.72 Å². The summed E-state index contributed by atoms with van der Waals surface area (Å²) in [7, 11) is 0. The molecule has 0 bridgehead atoms. The topological polar surface area (TPSA) is 93.6 Å². The summed E-state index contributed by atoms with van der Waals surface area (Å²) in [6, 6.07) is 21.2. The van der Waals surface area contributed by atoms with Gasteiger partial charge in [0.2, 0.25) is 17.6 Å².